The van der Waals surface area contributed by atoms with Crippen molar-refractivity contribution in [3.63, 3.8) is 0 Å². The van der Waals surface area contributed by atoms with E-state index in [1.807, 2.05) is 60.7 Å². The molecule has 31 heavy (non-hydrogen) atoms. The van der Waals surface area contributed by atoms with Gasteiger partial charge in [0.05, 0.1) is 16.6 Å². The van der Waals surface area contributed by atoms with Crippen LogP contribution in [0.5, 0.6) is 0 Å². The highest BCUT2D eigenvalue weighted by Crippen LogP contribution is 2.39. The van der Waals surface area contributed by atoms with Crippen molar-refractivity contribution >= 4 is 35.3 Å². The molecule has 5 heteroatoms. The molecular weight excluding hydrogens is 404 g/mol. The lowest BCUT2D eigenvalue weighted by atomic mass is 9.87. The van der Waals surface area contributed by atoms with Crippen molar-refractivity contribution in [2.45, 2.75) is 30.2 Å². The molecule has 2 N–H and O–H groups in total. The van der Waals surface area contributed by atoms with Crippen LogP contribution in [0.4, 0.5) is 5.69 Å². The summed E-state index contributed by atoms with van der Waals surface area (Å²) in [5, 5.41) is 6.12. The van der Waals surface area contributed by atoms with E-state index in [9.17, 15) is 9.59 Å². The van der Waals surface area contributed by atoms with Gasteiger partial charge in [0.2, 0.25) is 0 Å². The number of rotatable bonds is 3. The summed E-state index contributed by atoms with van der Waals surface area (Å²) < 4.78 is 0. The van der Waals surface area contributed by atoms with Gasteiger partial charge in [-0.25, -0.2) is 0 Å². The Balaban J connectivity index is 1.35. The second-order valence-corrected chi connectivity index (χ2v) is 8.89. The summed E-state index contributed by atoms with van der Waals surface area (Å²) in [7, 11) is 0. The molecule has 0 spiro atoms. The number of amides is 2. The highest BCUT2D eigenvalue weighted by atomic mass is 32.2. The van der Waals surface area contributed by atoms with E-state index in [0.29, 0.717) is 16.2 Å². The average molecular weight is 427 g/mol. The average Bonchev–Trinajstić information content (AvgIpc) is 2.80. The van der Waals surface area contributed by atoms with Gasteiger partial charge in [0.1, 0.15) is 0 Å². The van der Waals surface area contributed by atoms with Crippen LogP contribution in [0, 0.1) is 0 Å². The maximum atomic E-state index is 13.0. The third-order valence-electron chi connectivity index (χ3n) is 5.71. The van der Waals surface area contributed by atoms with Crippen molar-refractivity contribution in [2.75, 3.05) is 5.32 Å². The Morgan fingerprint density at radius 2 is 1.84 bits per heavy atom. The first kappa shape index (κ1) is 19.6. The predicted octanol–water partition coefficient (Wildman–Crippen LogP) is 5.58. The molecule has 1 atom stereocenters. The largest absolute Gasteiger partial charge is 0.345 e. The number of carbonyl (C=O) groups is 2. The zero-order valence-electron chi connectivity index (χ0n) is 16.9. The molecule has 0 saturated heterocycles. The van der Waals surface area contributed by atoms with Gasteiger partial charge in [-0.1, -0.05) is 66.4 Å². The van der Waals surface area contributed by atoms with Crippen LogP contribution in [0.3, 0.4) is 0 Å². The fourth-order valence-corrected chi connectivity index (χ4v) is 5.08. The molecule has 2 amide bonds. The van der Waals surface area contributed by atoms with E-state index in [1.165, 1.54) is 22.9 Å². The number of thioether (sulfide) groups is 1. The first-order valence-electron chi connectivity index (χ1n) is 10.5. The van der Waals surface area contributed by atoms with Crippen LogP contribution in [0.25, 0.3) is 6.08 Å². The molecule has 0 bridgehead atoms. The third kappa shape index (κ3) is 4.14. The molecule has 1 aliphatic carbocycles. The number of fused-ring (bicyclic) bond motifs is 2. The Kier molecular flexibility index (Phi) is 5.35. The first-order chi connectivity index (χ1) is 15.2. The smallest absolute Gasteiger partial charge is 0.262 e. The van der Waals surface area contributed by atoms with E-state index in [0.717, 1.165) is 29.7 Å². The molecule has 0 radical (unpaired) electrons. The lowest BCUT2D eigenvalue weighted by molar-refractivity contribution is -0.112. The maximum absolute atomic E-state index is 13.0. The van der Waals surface area contributed by atoms with Crippen LogP contribution in [0.2, 0.25) is 0 Å². The van der Waals surface area contributed by atoms with Crippen LogP contribution in [0.15, 0.2) is 82.6 Å². The molecular formula is C26H22N2O2S. The lowest BCUT2D eigenvalue weighted by Gasteiger charge is -2.26. The van der Waals surface area contributed by atoms with Crippen molar-refractivity contribution in [3.05, 3.63) is 100.0 Å². The molecule has 2 aliphatic rings. The lowest BCUT2D eigenvalue weighted by Crippen LogP contribution is -2.31. The van der Waals surface area contributed by atoms with Crippen molar-refractivity contribution in [2.24, 2.45) is 0 Å². The molecule has 0 fully saturated rings. The van der Waals surface area contributed by atoms with Gasteiger partial charge in [0, 0.05) is 10.5 Å². The second-order valence-electron chi connectivity index (χ2n) is 7.80. The highest BCUT2D eigenvalue weighted by molar-refractivity contribution is 8.04. The number of nitrogens with one attached hydrogen (secondary N) is 2. The summed E-state index contributed by atoms with van der Waals surface area (Å²) in [6.07, 6.45) is 4.94. The molecule has 0 aromatic heterocycles. The Hall–Kier alpha value is -3.31. The van der Waals surface area contributed by atoms with E-state index >= 15 is 0 Å². The minimum atomic E-state index is -0.153. The normalized spacial score (nSPS) is 18.6. The molecule has 154 valence electrons. The minimum Gasteiger partial charge on any atom is -0.345 e. The molecule has 1 aliphatic heterocycles. The number of aryl methyl sites for hydroxylation is 1. The molecule has 3 aromatic rings. The van der Waals surface area contributed by atoms with E-state index in [1.54, 1.807) is 6.07 Å². The Morgan fingerprint density at radius 3 is 2.71 bits per heavy atom. The Bertz CT molecular complexity index is 1190. The zero-order chi connectivity index (χ0) is 21.2. The molecule has 3 aromatic carbocycles. The van der Waals surface area contributed by atoms with Crippen LogP contribution >= 0.6 is 11.8 Å². The van der Waals surface area contributed by atoms with Gasteiger partial charge < -0.3 is 10.6 Å². The van der Waals surface area contributed by atoms with Gasteiger partial charge in [0.15, 0.2) is 0 Å². The van der Waals surface area contributed by atoms with Crippen molar-refractivity contribution in [1.29, 1.82) is 0 Å². The van der Waals surface area contributed by atoms with E-state index in [4.69, 9.17) is 0 Å². The summed E-state index contributed by atoms with van der Waals surface area (Å²) in [5.41, 5.74) is 4.73. The first-order valence-corrected chi connectivity index (χ1v) is 11.3. The highest BCUT2D eigenvalue weighted by Gasteiger charge is 2.24. The molecule has 5 rings (SSSR count). The topological polar surface area (TPSA) is 58.2 Å². The van der Waals surface area contributed by atoms with Crippen LogP contribution in [-0.2, 0) is 11.2 Å². The molecule has 1 heterocycles. The number of benzene rings is 3. The minimum absolute atomic E-state index is 0.0258. The van der Waals surface area contributed by atoms with Crippen LogP contribution in [-0.4, -0.2) is 11.8 Å². The zero-order valence-corrected chi connectivity index (χ0v) is 17.7. The standard InChI is InChI=1S/C26H22N2O2S/c29-25(27-21-12-6-10-18-9-4-5-11-20(18)21)19-13-14-23-22(16-19)28-26(30)24(31-23)15-17-7-2-1-3-8-17/h1-5,7-9,11,13-16,21H,6,10,12H2,(H,27,29)(H,28,30)/b24-15-. The fourth-order valence-electron chi connectivity index (χ4n) is 4.15. The van der Waals surface area contributed by atoms with Gasteiger partial charge in [-0.05, 0) is 60.2 Å². The second kappa shape index (κ2) is 8.44. The van der Waals surface area contributed by atoms with Crippen molar-refractivity contribution < 1.29 is 9.59 Å². The number of carbonyl (C=O) groups excluding carboxylic acids is 2. The third-order valence-corrected chi connectivity index (χ3v) is 6.80. The monoisotopic (exact) mass is 426 g/mol. The van der Waals surface area contributed by atoms with Crippen LogP contribution < -0.4 is 10.6 Å². The summed E-state index contributed by atoms with van der Waals surface area (Å²) in [6, 6.07) is 23.6. The van der Waals surface area contributed by atoms with Gasteiger partial charge in [-0.15, -0.1) is 0 Å². The molecule has 4 nitrogen and oxygen atoms in total. The predicted molar refractivity (Wildman–Crippen MR) is 125 cm³/mol. The van der Waals surface area contributed by atoms with Gasteiger partial charge in [-0.3, -0.25) is 9.59 Å². The molecule has 1 unspecified atom stereocenters. The summed E-state index contributed by atoms with van der Waals surface area (Å²) in [6.45, 7) is 0. The fraction of sp³-hybridized carbons (Fsp3) is 0.154. The molecule has 0 saturated carbocycles. The summed E-state index contributed by atoms with van der Waals surface area (Å²) >= 11 is 1.42. The van der Waals surface area contributed by atoms with Gasteiger partial charge >= 0.3 is 0 Å². The summed E-state index contributed by atoms with van der Waals surface area (Å²) in [5.74, 6) is -0.269. The van der Waals surface area contributed by atoms with Crippen molar-refractivity contribution in [1.82, 2.24) is 5.32 Å². The number of hydrogen-bond acceptors (Lipinski definition) is 3. The van der Waals surface area contributed by atoms with Crippen molar-refractivity contribution in [3.8, 4) is 0 Å². The maximum Gasteiger partial charge on any atom is 0.262 e. The van der Waals surface area contributed by atoms with Gasteiger partial charge in [0.25, 0.3) is 11.8 Å². The summed E-state index contributed by atoms with van der Waals surface area (Å²) in [4.78, 5) is 27.1. The number of anilines is 1. The Morgan fingerprint density at radius 1 is 1.03 bits per heavy atom. The van der Waals surface area contributed by atoms with E-state index < -0.39 is 0 Å². The van der Waals surface area contributed by atoms with Crippen LogP contribution in [0.1, 0.15) is 45.9 Å². The van der Waals surface area contributed by atoms with E-state index in [2.05, 4.69) is 22.8 Å². The van der Waals surface area contributed by atoms with Gasteiger partial charge in [-0.2, -0.15) is 0 Å². The number of hydrogen-bond donors (Lipinski definition) is 2. The SMILES string of the molecule is O=C1Nc2cc(C(=O)NC3CCCc4ccccc43)ccc2S/C1=C\c1ccccc1. The Labute approximate surface area is 185 Å². The quantitative estimate of drug-likeness (QED) is 0.538. The van der Waals surface area contributed by atoms with E-state index in [-0.39, 0.29) is 17.9 Å².